The average Bonchev–Trinajstić information content (AvgIpc) is 2.95. The SMILES string of the molecule is CCn1cc(NCc2ccn(CC)n2)cn1.Cl. The molecule has 6 heteroatoms. The molecule has 0 bridgehead atoms. The Bertz CT molecular complexity index is 406. The lowest BCUT2D eigenvalue weighted by Gasteiger charge is -1.99. The molecule has 0 amide bonds. The molecule has 2 rings (SSSR count). The van der Waals surface area contributed by atoms with Gasteiger partial charge in [-0.25, -0.2) is 0 Å². The number of anilines is 1. The van der Waals surface area contributed by atoms with Crippen molar-refractivity contribution in [2.45, 2.75) is 33.5 Å². The molecule has 0 radical (unpaired) electrons. The van der Waals surface area contributed by atoms with E-state index in [0.717, 1.165) is 31.0 Å². The number of hydrogen-bond donors (Lipinski definition) is 1. The van der Waals surface area contributed by atoms with Gasteiger partial charge >= 0.3 is 0 Å². The number of nitrogens with zero attached hydrogens (tertiary/aromatic N) is 4. The second-order valence-electron chi connectivity index (χ2n) is 3.60. The summed E-state index contributed by atoms with van der Waals surface area (Å²) < 4.78 is 3.82. The molecule has 2 aromatic rings. The van der Waals surface area contributed by atoms with Gasteiger partial charge < -0.3 is 5.32 Å². The fraction of sp³-hybridized carbons (Fsp3) is 0.455. The molecule has 0 aliphatic carbocycles. The van der Waals surface area contributed by atoms with Crippen LogP contribution in [0.15, 0.2) is 24.7 Å². The van der Waals surface area contributed by atoms with Gasteiger partial charge in [-0.3, -0.25) is 9.36 Å². The standard InChI is InChI=1S/C11H17N5.ClH/c1-3-15-6-5-10(14-15)7-12-11-8-13-16(4-2)9-11;/h5-6,8-9,12H,3-4,7H2,1-2H3;1H. The van der Waals surface area contributed by atoms with Crippen LogP contribution in [-0.2, 0) is 19.6 Å². The van der Waals surface area contributed by atoms with Gasteiger partial charge in [0.15, 0.2) is 0 Å². The summed E-state index contributed by atoms with van der Waals surface area (Å²) in [6, 6.07) is 2.03. The third-order valence-corrected chi connectivity index (χ3v) is 2.45. The van der Waals surface area contributed by atoms with Gasteiger partial charge in [-0.15, -0.1) is 12.4 Å². The largest absolute Gasteiger partial charge is 0.377 e. The minimum Gasteiger partial charge on any atom is -0.377 e. The number of rotatable bonds is 5. The summed E-state index contributed by atoms with van der Waals surface area (Å²) in [5.74, 6) is 0. The van der Waals surface area contributed by atoms with Crippen molar-refractivity contribution in [3.63, 3.8) is 0 Å². The number of halogens is 1. The lowest BCUT2D eigenvalue weighted by atomic mass is 10.4. The maximum atomic E-state index is 4.40. The van der Waals surface area contributed by atoms with Gasteiger partial charge in [-0.1, -0.05) is 0 Å². The Labute approximate surface area is 107 Å². The number of hydrogen-bond acceptors (Lipinski definition) is 3. The summed E-state index contributed by atoms with van der Waals surface area (Å²) in [7, 11) is 0. The summed E-state index contributed by atoms with van der Waals surface area (Å²) in [4.78, 5) is 0. The van der Waals surface area contributed by atoms with E-state index < -0.39 is 0 Å². The Morgan fingerprint density at radius 3 is 2.59 bits per heavy atom. The Morgan fingerprint density at radius 1 is 1.24 bits per heavy atom. The molecular formula is C11H18ClN5. The molecule has 0 aromatic carbocycles. The molecule has 2 heterocycles. The van der Waals surface area contributed by atoms with Crippen molar-refractivity contribution in [3.8, 4) is 0 Å². The van der Waals surface area contributed by atoms with Gasteiger partial charge in [0, 0.05) is 25.5 Å². The predicted molar refractivity (Wildman–Crippen MR) is 70.4 cm³/mol. The van der Waals surface area contributed by atoms with Crippen LogP contribution in [-0.4, -0.2) is 19.6 Å². The predicted octanol–water partition coefficient (Wildman–Crippen LogP) is 2.15. The first-order valence-corrected chi connectivity index (χ1v) is 5.60. The molecule has 5 nitrogen and oxygen atoms in total. The molecule has 0 saturated heterocycles. The Morgan fingerprint density at radius 2 is 2.00 bits per heavy atom. The molecule has 1 N–H and O–H groups in total. The van der Waals surface area contributed by atoms with Crippen LogP contribution in [0.25, 0.3) is 0 Å². The highest BCUT2D eigenvalue weighted by Gasteiger charge is 1.99. The van der Waals surface area contributed by atoms with Gasteiger partial charge in [-0.2, -0.15) is 10.2 Å². The van der Waals surface area contributed by atoms with Crippen LogP contribution in [0.4, 0.5) is 5.69 Å². The fourth-order valence-electron chi connectivity index (χ4n) is 1.49. The highest BCUT2D eigenvalue weighted by molar-refractivity contribution is 5.85. The van der Waals surface area contributed by atoms with Crippen LogP contribution < -0.4 is 5.32 Å². The van der Waals surface area contributed by atoms with Gasteiger partial charge in [-0.05, 0) is 19.9 Å². The summed E-state index contributed by atoms with van der Waals surface area (Å²) >= 11 is 0. The highest BCUT2D eigenvalue weighted by Crippen LogP contribution is 2.06. The molecule has 0 fully saturated rings. The summed E-state index contributed by atoms with van der Waals surface area (Å²) in [6.07, 6.45) is 5.82. The van der Waals surface area contributed by atoms with Crippen LogP contribution in [0.1, 0.15) is 19.5 Å². The summed E-state index contributed by atoms with van der Waals surface area (Å²) in [5, 5.41) is 11.9. The molecule has 0 spiro atoms. The minimum atomic E-state index is 0. The van der Waals surface area contributed by atoms with Gasteiger partial charge in [0.25, 0.3) is 0 Å². The zero-order valence-corrected chi connectivity index (χ0v) is 10.9. The van der Waals surface area contributed by atoms with Gasteiger partial charge in [0.2, 0.25) is 0 Å². The molecule has 0 atom stereocenters. The van der Waals surface area contributed by atoms with E-state index in [1.54, 1.807) is 0 Å². The molecule has 94 valence electrons. The molecule has 2 aromatic heterocycles. The zero-order chi connectivity index (χ0) is 11.4. The van der Waals surface area contributed by atoms with E-state index in [-0.39, 0.29) is 12.4 Å². The first-order valence-electron chi connectivity index (χ1n) is 5.60. The number of aromatic nitrogens is 4. The van der Waals surface area contributed by atoms with Crippen LogP contribution >= 0.6 is 12.4 Å². The Balaban J connectivity index is 0.00000144. The lowest BCUT2D eigenvalue weighted by molar-refractivity contribution is 0.649. The van der Waals surface area contributed by atoms with Crippen LogP contribution in [0.3, 0.4) is 0 Å². The second kappa shape index (κ2) is 6.30. The molecular weight excluding hydrogens is 238 g/mol. The van der Waals surface area contributed by atoms with E-state index in [1.807, 2.05) is 34.0 Å². The average molecular weight is 256 g/mol. The molecule has 0 saturated carbocycles. The Kier molecular flexibility index (Phi) is 5.03. The van der Waals surface area contributed by atoms with E-state index in [0.29, 0.717) is 0 Å². The van der Waals surface area contributed by atoms with E-state index >= 15 is 0 Å². The highest BCUT2D eigenvalue weighted by atomic mass is 35.5. The van der Waals surface area contributed by atoms with E-state index in [1.165, 1.54) is 0 Å². The summed E-state index contributed by atoms with van der Waals surface area (Å²) in [6.45, 7) is 6.69. The normalized spacial score (nSPS) is 10.0. The van der Waals surface area contributed by atoms with Crippen molar-refractivity contribution in [1.29, 1.82) is 0 Å². The van der Waals surface area contributed by atoms with Crippen molar-refractivity contribution in [2.24, 2.45) is 0 Å². The maximum absolute atomic E-state index is 4.40. The van der Waals surface area contributed by atoms with Crippen molar-refractivity contribution >= 4 is 18.1 Å². The first kappa shape index (κ1) is 13.6. The quantitative estimate of drug-likeness (QED) is 0.891. The van der Waals surface area contributed by atoms with Crippen molar-refractivity contribution in [3.05, 3.63) is 30.4 Å². The Hall–Kier alpha value is -1.49. The van der Waals surface area contributed by atoms with E-state index in [2.05, 4.69) is 29.4 Å². The topological polar surface area (TPSA) is 47.7 Å². The first-order chi connectivity index (χ1) is 7.81. The number of nitrogens with one attached hydrogen (secondary N) is 1. The summed E-state index contributed by atoms with van der Waals surface area (Å²) in [5.41, 5.74) is 2.08. The van der Waals surface area contributed by atoms with E-state index in [4.69, 9.17) is 0 Å². The minimum absolute atomic E-state index is 0. The molecule has 0 aliphatic heterocycles. The van der Waals surface area contributed by atoms with Crippen molar-refractivity contribution < 1.29 is 0 Å². The third-order valence-electron chi connectivity index (χ3n) is 2.45. The van der Waals surface area contributed by atoms with E-state index in [9.17, 15) is 0 Å². The third kappa shape index (κ3) is 3.49. The van der Waals surface area contributed by atoms with Gasteiger partial charge in [0.05, 0.1) is 24.1 Å². The van der Waals surface area contributed by atoms with Gasteiger partial charge in [0.1, 0.15) is 0 Å². The van der Waals surface area contributed by atoms with Crippen molar-refractivity contribution in [1.82, 2.24) is 19.6 Å². The fourth-order valence-corrected chi connectivity index (χ4v) is 1.49. The van der Waals surface area contributed by atoms with Crippen LogP contribution in [0.5, 0.6) is 0 Å². The maximum Gasteiger partial charge on any atom is 0.0815 e. The lowest BCUT2D eigenvalue weighted by Crippen LogP contribution is -2.01. The van der Waals surface area contributed by atoms with Crippen LogP contribution in [0.2, 0.25) is 0 Å². The molecule has 17 heavy (non-hydrogen) atoms. The second-order valence-corrected chi connectivity index (χ2v) is 3.60. The number of aryl methyl sites for hydroxylation is 2. The zero-order valence-electron chi connectivity index (χ0n) is 10.1. The van der Waals surface area contributed by atoms with Crippen LogP contribution in [0, 0.1) is 0 Å². The smallest absolute Gasteiger partial charge is 0.0815 e. The molecule has 0 aliphatic rings. The molecule has 0 unspecified atom stereocenters. The van der Waals surface area contributed by atoms with Crippen molar-refractivity contribution in [2.75, 3.05) is 5.32 Å². The monoisotopic (exact) mass is 255 g/mol.